The molecular weight excluding hydrogens is 608 g/mol. The number of aliphatic hydroxyl groups is 3. The van der Waals surface area contributed by atoms with Crippen molar-refractivity contribution in [3.8, 4) is 0 Å². The first-order valence-electron chi connectivity index (χ1n) is 14.9. The summed E-state index contributed by atoms with van der Waals surface area (Å²) in [5, 5.41) is 34.1. The summed E-state index contributed by atoms with van der Waals surface area (Å²) in [6.07, 6.45) is -6.26. The quantitative estimate of drug-likeness (QED) is 0.111. The van der Waals surface area contributed by atoms with Crippen LogP contribution in [0.3, 0.4) is 0 Å². The van der Waals surface area contributed by atoms with Gasteiger partial charge in [-0.25, -0.2) is 4.79 Å². The summed E-state index contributed by atoms with van der Waals surface area (Å²) in [5.74, 6) is -4.28. The fourth-order valence-corrected chi connectivity index (χ4v) is 5.20. The molecule has 2 aliphatic rings. The van der Waals surface area contributed by atoms with E-state index >= 15 is 0 Å². The van der Waals surface area contributed by atoms with Gasteiger partial charge in [0.1, 0.15) is 18.3 Å². The fraction of sp³-hybridized carbons (Fsp3) is 0.500. The third-order valence-electron chi connectivity index (χ3n) is 7.57. The Labute approximate surface area is 262 Å². The molecule has 2 aliphatic heterocycles. The normalized spacial score (nSPS) is 26.4. The molecule has 0 bridgehead atoms. The van der Waals surface area contributed by atoms with Crippen molar-refractivity contribution in [1.29, 1.82) is 0 Å². The van der Waals surface area contributed by atoms with E-state index in [0.717, 1.165) is 42.2 Å². The molecule has 8 atom stereocenters. The number of para-hydroxylation sites is 1. The highest BCUT2D eigenvalue weighted by atomic mass is 16.7. The molecule has 0 saturated carbocycles. The number of rotatable bonds is 14. The Kier molecular flexibility index (Phi) is 11.8. The van der Waals surface area contributed by atoms with Crippen LogP contribution in [0.2, 0.25) is 0 Å². The van der Waals surface area contributed by atoms with Crippen molar-refractivity contribution in [1.82, 2.24) is 9.55 Å². The van der Waals surface area contributed by atoms with Gasteiger partial charge in [0, 0.05) is 24.4 Å². The number of aromatic nitrogens is 2. The second-order valence-electron chi connectivity index (χ2n) is 10.9. The summed E-state index contributed by atoms with van der Waals surface area (Å²) >= 11 is 0. The topological polar surface area (TPSA) is 242 Å². The molecule has 7 N–H and O–H groups in total. The molecule has 46 heavy (non-hydrogen) atoms. The van der Waals surface area contributed by atoms with E-state index in [1.807, 2.05) is 6.92 Å². The lowest BCUT2D eigenvalue weighted by molar-refractivity contribution is -0.239. The molecule has 1 aromatic heterocycles. The van der Waals surface area contributed by atoms with Crippen LogP contribution in [0.5, 0.6) is 0 Å². The van der Waals surface area contributed by atoms with Gasteiger partial charge in [-0.3, -0.25) is 28.7 Å². The van der Waals surface area contributed by atoms with Crippen molar-refractivity contribution < 1.29 is 48.7 Å². The summed E-state index contributed by atoms with van der Waals surface area (Å²) in [6.45, 7) is 1.26. The maximum atomic E-state index is 12.8. The number of amides is 2. The van der Waals surface area contributed by atoms with Gasteiger partial charge >= 0.3 is 11.7 Å². The predicted octanol–water partition coefficient (Wildman–Crippen LogP) is -0.604. The summed E-state index contributed by atoms with van der Waals surface area (Å²) in [5.41, 5.74) is 4.43. The smallest absolute Gasteiger partial charge is 0.330 e. The zero-order valence-corrected chi connectivity index (χ0v) is 25.0. The molecule has 16 nitrogen and oxygen atoms in total. The number of ether oxygens (including phenoxy) is 4. The molecular formula is C30H38N4O12. The molecule has 0 unspecified atom stereocenters. The van der Waals surface area contributed by atoms with Crippen molar-refractivity contribution in [3.63, 3.8) is 0 Å². The van der Waals surface area contributed by atoms with Crippen LogP contribution in [0.25, 0.3) is 0 Å². The van der Waals surface area contributed by atoms with Gasteiger partial charge in [-0.2, -0.15) is 0 Å². The van der Waals surface area contributed by atoms with E-state index in [1.165, 1.54) is 0 Å². The van der Waals surface area contributed by atoms with Gasteiger partial charge in [-0.1, -0.05) is 44.4 Å². The number of aliphatic hydroxyl groups excluding tert-OH is 3. The first-order valence-corrected chi connectivity index (χ1v) is 14.9. The Bertz CT molecular complexity index is 1510. The van der Waals surface area contributed by atoms with Crippen LogP contribution in [-0.4, -0.2) is 86.1 Å². The minimum Gasteiger partial charge on any atom is -0.457 e. The molecule has 0 radical (unpaired) electrons. The lowest BCUT2D eigenvalue weighted by Gasteiger charge is -2.35. The largest absolute Gasteiger partial charge is 0.457 e. The number of primary amides is 1. The number of hydrogen-bond donors (Lipinski definition) is 6. The van der Waals surface area contributed by atoms with E-state index in [-0.39, 0.29) is 6.42 Å². The molecule has 2 amide bonds. The summed E-state index contributed by atoms with van der Waals surface area (Å²) in [6, 6.07) is 9.33. The first kappa shape index (κ1) is 34.5. The highest BCUT2D eigenvalue weighted by Crippen LogP contribution is 2.39. The van der Waals surface area contributed by atoms with Crippen LogP contribution >= 0.6 is 0 Å². The van der Waals surface area contributed by atoms with Crippen LogP contribution in [0.15, 0.2) is 64.0 Å². The maximum Gasteiger partial charge on any atom is 0.330 e. The second-order valence-corrected chi connectivity index (χ2v) is 10.9. The van der Waals surface area contributed by atoms with Crippen LogP contribution in [-0.2, 0) is 33.3 Å². The van der Waals surface area contributed by atoms with Crippen molar-refractivity contribution in [2.45, 2.75) is 82.1 Å². The van der Waals surface area contributed by atoms with Crippen molar-refractivity contribution >= 4 is 23.5 Å². The molecule has 1 aromatic carbocycles. The Morgan fingerprint density at radius 3 is 2.50 bits per heavy atom. The third kappa shape index (κ3) is 8.27. The molecule has 2 aromatic rings. The van der Waals surface area contributed by atoms with Crippen LogP contribution < -0.4 is 22.3 Å². The standard InChI is InChI=1S/C30H38N4O12/c1-2-3-4-8-11-21(38)44-24-17(15-35)23(45-28(24)34-13-12-20(37)33-30(34)42)25(26(31)40)46-29-22(39)18(36)14-19(43-29)27(41)32-16-9-6-5-7-10-16/h5-7,9-10,12-14,17-18,22-25,28-29,35-36,39H,2-4,8,11,15H2,1H3,(H2,31,40)(H,32,41)(H,33,37,42)/t17-,18+,22+,23+,24-,25-,28-,29-/m1/s1. The average Bonchev–Trinajstić information content (AvgIpc) is 3.37. The van der Waals surface area contributed by atoms with Gasteiger partial charge in [-0.15, -0.1) is 0 Å². The average molecular weight is 647 g/mol. The number of carbonyl (C=O) groups excluding carboxylic acids is 3. The molecule has 0 spiro atoms. The fourth-order valence-electron chi connectivity index (χ4n) is 5.20. The Morgan fingerprint density at radius 1 is 1.11 bits per heavy atom. The molecule has 0 aliphatic carbocycles. The highest BCUT2D eigenvalue weighted by Gasteiger charge is 2.54. The van der Waals surface area contributed by atoms with Crippen molar-refractivity contribution in [3.05, 3.63) is 75.3 Å². The van der Waals surface area contributed by atoms with Crippen LogP contribution in [0.1, 0.15) is 45.3 Å². The number of aromatic amines is 1. The van der Waals surface area contributed by atoms with Crippen LogP contribution in [0.4, 0.5) is 5.69 Å². The number of nitrogens with one attached hydrogen (secondary N) is 2. The van der Waals surface area contributed by atoms with E-state index < -0.39 is 90.4 Å². The summed E-state index contributed by atoms with van der Waals surface area (Å²) < 4.78 is 23.8. The zero-order valence-electron chi connectivity index (χ0n) is 25.0. The maximum absolute atomic E-state index is 12.8. The van der Waals surface area contributed by atoms with E-state index in [1.54, 1.807) is 30.3 Å². The number of nitrogens with zero attached hydrogens (tertiary/aromatic N) is 1. The lowest BCUT2D eigenvalue weighted by Crippen LogP contribution is -2.53. The number of benzene rings is 1. The van der Waals surface area contributed by atoms with Gasteiger partial charge in [0.15, 0.2) is 24.2 Å². The number of carbonyl (C=O) groups is 3. The number of nitrogens with two attached hydrogens (primary N) is 1. The molecule has 4 rings (SSSR count). The Hall–Kier alpha value is -4.35. The van der Waals surface area contributed by atoms with E-state index in [2.05, 4.69) is 10.3 Å². The van der Waals surface area contributed by atoms with E-state index in [9.17, 15) is 39.3 Å². The first-order chi connectivity index (χ1) is 22.0. The second kappa shape index (κ2) is 15.8. The molecule has 3 heterocycles. The lowest BCUT2D eigenvalue weighted by atomic mass is 9.94. The zero-order chi connectivity index (χ0) is 33.4. The number of unbranched alkanes of at least 4 members (excludes halogenated alkanes) is 3. The molecule has 1 saturated heterocycles. The predicted molar refractivity (Wildman–Crippen MR) is 159 cm³/mol. The van der Waals surface area contributed by atoms with E-state index in [0.29, 0.717) is 12.1 Å². The van der Waals surface area contributed by atoms with Gasteiger partial charge in [0.2, 0.25) is 12.2 Å². The molecule has 16 heteroatoms. The molecule has 1 fully saturated rings. The number of H-pyrrole nitrogens is 1. The van der Waals surface area contributed by atoms with Gasteiger partial charge in [0.05, 0.1) is 12.5 Å². The third-order valence-corrected chi connectivity index (χ3v) is 7.57. The van der Waals surface area contributed by atoms with E-state index in [4.69, 9.17) is 24.7 Å². The summed E-state index contributed by atoms with van der Waals surface area (Å²) in [7, 11) is 0. The minimum atomic E-state index is -1.84. The monoisotopic (exact) mass is 646 g/mol. The summed E-state index contributed by atoms with van der Waals surface area (Å²) in [4.78, 5) is 64.9. The van der Waals surface area contributed by atoms with Crippen molar-refractivity contribution in [2.75, 3.05) is 11.9 Å². The number of hydrogen-bond acceptors (Lipinski definition) is 12. The van der Waals surface area contributed by atoms with Crippen LogP contribution in [0, 0.1) is 5.92 Å². The Balaban J connectivity index is 1.59. The highest BCUT2D eigenvalue weighted by molar-refractivity contribution is 6.02. The number of esters is 1. The molecule has 250 valence electrons. The van der Waals surface area contributed by atoms with Gasteiger partial charge < -0.3 is 45.3 Å². The SMILES string of the molecule is CCCCCCC(=O)O[C@@H]1[C@H](CO)[C@@H]([C@@H](O[C@H]2OC(C(=O)Nc3ccccc3)=C[C@H](O)[C@@H]2O)C(N)=O)O[C@H]1n1ccc(=O)[nH]c1=O. The van der Waals surface area contributed by atoms with Gasteiger partial charge in [-0.05, 0) is 24.6 Å². The van der Waals surface area contributed by atoms with Crippen molar-refractivity contribution in [2.24, 2.45) is 11.7 Å². The minimum absolute atomic E-state index is 0.0302. The van der Waals surface area contributed by atoms with Gasteiger partial charge in [0.25, 0.3) is 11.5 Å². The Morgan fingerprint density at radius 2 is 1.85 bits per heavy atom. The number of anilines is 1.